The molecule has 3 N–H and O–H groups in total. The lowest BCUT2D eigenvalue weighted by Crippen LogP contribution is -2.51. The lowest BCUT2D eigenvalue weighted by atomic mass is 9.82. The van der Waals surface area contributed by atoms with E-state index in [0.29, 0.717) is 30.3 Å². The standard InChI is InChI=1S/C40H49F3N8O5S/c1-23-16-30(17-24(2)49(23)22-35(53)47-27-7-5-6-26(18-27)46-32-12-13-34(52)48-36(32)54)56-15-14-25-8-10-28(11-9-25)51-38(57)50(37(55)39(51,3)4)29-19-31(40(41,42)43)33(20-44)45-21-29/h5-7,18-19,21,23-25,28,30,32,46H,8-17,22H2,1-4H3,(H,47,53)(H,48,52,54)/t23-,24+,25?,28?,30+,32?. The molecule has 57 heavy (non-hydrogen) atoms. The number of alkyl halides is 3. The Labute approximate surface area is 335 Å². The fourth-order valence-electron chi connectivity index (χ4n) is 8.72. The highest BCUT2D eigenvalue weighted by molar-refractivity contribution is 7.80. The van der Waals surface area contributed by atoms with Gasteiger partial charge in [-0.2, -0.15) is 18.4 Å². The molecule has 1 saturated carbocycles. The Kier molecular flexibility index (Phi) is 12.6. The summed E-state index contributed by atoms with van der Waals surface area (Å²) in [6.07, 6.45) is 2.79. The van der Waals surface area contributed by atoms with Gasteiger partial charge in [-0.3, -0.25) is 34.3 Å². The predicted molar refractivity (Wildman–Crippen MR) is 210 cm³/mol. The van der Waals surface area contributed by atoms with Crippen LogP contribution in [0.15, 0.2) is 36.5 Å². The van der Waals surface area contributed by atoms with Crippen molar-refractivity contribution in [2.45, 2.75) is 127 Å². The molecule has 4 amide bonds. The third-order valence-corrected chi connectivity index (χ3v) is 12.1. The van der Waals surface area contributed by atoms with Crippen molar-refractivity contribution in [2.75, 3.05) is 28.7 Å². The van der Waals surface area contributed by atoms with Gasteiger partial charge in [0.2, 0.25) is 17.7 Å². The SMILES string of the molecule is C[C@@H]1C[C@H](OCCC2CCC(N3C(=S)N(c4cnc(C#N)c(C(F)(F)F)c4)C(=O)C3(C)C)CC2)C[C@H](C)N1CC(=O)Nc1cccc(NC2CCC(=O)NC2=O)c1. The van der Waals surface area contributed by atoms with Gasteiger partial charge in [-0.15, -0.1) is 0 Å². The molecule has 4 fully saturated rings. The minimum Gasteiger partial charge on any atom is -0.378 e. The number of carbonyl (C=O) groups excluding carboxylic acids is 4. The second kappa shape index (κ2) is 17.1. The summed E-state index contributed by atoms with van der Waals surface area (Å²) in [5.74, 6) is -0.805. The van der Waals surface area contributed by atoms with E-state index in [-0.39, 0.29) is 65.7 Å². The molecule has 6 rings (SSSR count). The number of halogens is 3. The van der Waals surface area contributed by atoms with Gasteiger partial charge in [0.1, 0.15) is 17.6 Å². The van der Waals surface area contributed by atoms with Gasteiger partial charge in [0.25, 0.3) is 5.91 Å². The topological polar surface area (TPSA) is 160 Å². The fourth-order valence-corrected chi connectivity index (χ4v) is 9.29. The molecule has 3 saturated heterocycles. The maximum atomic E-state index is 13.7. The molecule has 0 bridgehead atoms. The Morgan fingerprint density at radius 2 is 1.75 bits per heavy atom. The smallest absolute Gasteiger partial charge is 0.378 e. The van der Waals surface area contributed by atoms with Crippen LogP contribution in [0.2, 0.25) is 0 Å². The second-order valence-electron chi connectivity index (χ2n) is 16.1. The molecular formula is C40H49F3N8O5S. The van der Waals surface area contributed by atoms with E-state index >= 15 is 0 Å². The number of aromatic nitrogens is 1. The van der Waals surface area contributed by atoms with E-state index < -0.39 is 34.9 Å². The Bertz CT molecular complexity index is 1920. The average Bonchev–Trinajstić information content (AvgIpc) is 3.32. The molecule has 1 aromatic heterocycles. The number of anilines is 3. The number of nitrogens with zero attached hydrogens (tertiary/aromatic N) is 5. The van der Waals surface area contributed by atoms with Gasteiger partial charge in [-0.05, 0) is 121 Å². The summed E-state index contributed by atoms with van der Waals surface area (Å²) < 4.78 is 47.5. The summed E-state index contributed by atoms with van der Waals surface area (Å²) in [6.45, 7) is 8.50. The summed E-state index contributed by atoms with van der Waals surface area (Å²) >= 11 is 5.73. The summed E-state index contributed by atoms with van der Waals surface area (Å²) in [6, 6.07) is 9.06. The summed E-state index contributed by atoms with van der Waals surface area (Å²) in [5, 5.41) is 17.7. The molecule has 1 unspecified atom stereocenters. The van der Waals surface area contributed by atoms with E-state index in [1.165, 1.54) is 6.07 Å². The first-order chi connectivity index (χ1) is 27.0. The van der Waals surface area contributed by atoms with Crippen molar-refractivity contribution in [3.05, 3.63) is 47.8 Å². The molecular weight excluding hydrogens is 762 g/mol. The van der Waals surface area contributed by atoms with Gasteiger partial charge in [0.15, 0.2) is 10.8 Å². The Morgan fingerprint density at radius 3 is 2.40 bits per heavy atom. The molecule has 2 aromatic rings. The van der Waals surface area contributed by atoms with Crippen molar-refractivity contribution < 1.29 is 37.1 Å². The van der Waals surface area contributed by atoms with Crippen LogP contribution in [0, 0.1) is 17.2 Å². The number of imide groups is 1. The van der Waals surface area contributed by atoms with Gasteiger partial charge in [-0.1, -0.05) is 6.07 Å². The number of hydrogen-bond donors (Lipinski definition) is 3. The third kappa shape index (κ3) is 9.39. The highest BCUT2D eigenvalue weighted by Gasteiger charge is 2.53. The summed E-state index contributed by atoms with van der Waals surface area (Å²) in [7, 11) is 0. The normalized spacial score (nSPS) is 26.9. The minimum atomic E-state index is -4.82. The molecule has 4 atom stereocenters. The Balaban J connectivity index is 0.943. The number of benzene rings is 1. The van der Waals surface area contributed by atoms with Crippen molar-refractivity contribution in [3.8, 4) is 6.07 Å². The van der Waals surface area contributed by atoms with Crippen molar-refractivity contribution in [1.29, 1.82) is 5.26 Å². The Morgan fingerprint density at radius 1 is 1.07 bits per heavy atom. The van der Waals surface area contributed by atoms with Gasteiger partial charge < -0.3 is 20.3 Å². The van der Waals surface area contributed by atoms with Crippen molar-refractivity contribution in [1.82, 2.24) is 20.1 Å². The largest absolute Gasteiger partial charge is 0.419 e. The molecule has 0 radical (unpaired) electrons. The Hall–Kier alpha value is -4.66. The molecule has 0 spiro atoms. The molecule has 13 nitrogen and oxygen atoms in total. The van der Waals surface area contributed by atoms with Gasteiger partial charge >= 0.3 is 6.18 Å². The third-order valence-electron chi connectivity index (χ3n) is 11.7. The quantitative estimate of drug-likeness (QED) is 0.188. The zero-order valence-corrected chi connectivity index (χ0v) is 33.3. The van der Waals surface area contributed by atoms with E-state index in [1.54, 1.807) is 32.0 Å². The lowest BCUT2D eigenvalue weighted by Gasteiger charge is -2.42. The first-order valence-electron chi connectivity index (χ1n) is 19.5. The molecule has 1 aromatic carbocycles. The fraction of sp³-hybridized carbons (Fsp3) is 0.575. The van der Waals surface area contributed by atoms with Gasteiger partial charge in [0.05, 0.1) is 30.1 Å². The van der Waals surface area contributed by atoms with Crippen LogP contribution in [-0.4, -0.2) is 92.5 Å². The number of nitrogens with one attached hydrogen (secondary N) is 3. The zero-order chi connectivity index (χ0) is 41.2. The number of likely N-dealkylation sites (tertiary alicyclic amines) is 1. The van der Waals surface area contributed by atoms with Crippen molar-refractivity contribution in [3.63, 3.8) is 0 Å². The number of amides is 4. The highest BCUT2D eigenvalue weighted by atomic mass is 32.1. The number of pyridine rings is 1. The van der Waals surface area contributed by atoms with Crippen LogP contribution in [0.25, 0.3) is 0 Å². The van der Waals surface area contributed by atoms with Crippen molar-refractivity contribution >= 4 is 58.0 Å². The minimum absolute atomic E-state index is 0.0614. The van der Waals surface area contributed by atoms with Gasteiger partial charge in [-0.25, -0.2) is 4.98 Å². The number of thiocarbonyl (C=S) groups is 1. The van der Waals surface area contributed by atoms with E-state index in [4.69, 9.17) is 22.2 Å². The molecule has 3 aliphatic heterocycles. The van der Waals surface area contributed by atoms with Crippen LogP contribution in [-0.2, 0) is 30.1 Å². The molecule has 17 heteroatoms. The number of rotatable bonds is 11. The number of piperidine rings is 2. The van der Waals surface area contributed by atoms with E-state index in [1.807, 2.05) is 11.0 Å². The summed E-state index contributed by atoms with van der Waals surface area (Å²) in [5.41, 5.74) is -1.88. The predicted octanol–water partition coefficient (Wildman–Crippen LogP) is 5.75. The zero-order valence-electron chi connectivity index (χ0n) is 32.5. The first kappa shape index (κ1) is 42.0. The lowest BCUT2D eigenvalue weighted by molar-refractivity contribution is -0.138. The maximum absolute atomic E-state index is 13.7. The van der Waals surface area contributed by atoms with Crippen LogP contribution in [0.1, 0.15) is 96.7 Å². The number of hydrogen-bond acceptors (Lipinski definition) is 10. The molecule has 1 aliphatic carbocycles. The monoisotopic (exact) mass is 810 g/mol. The van der Waals surface area contributed by atoms with Gasteiger partial charge in [0, 0.05) is 42.5 Å². The molecule has 4 aliphatic rings. The molecule has 4 heterocycles. The van der Waals surface area contributed by atoms with E-state index in [9.17, 15) is 32.3 Å². The van der Waals surface area contributed by atoms with Crippen molar-refractivity contribution in [2.24, 2.45) is 5.92 Å². The highest BCUT2D eigenvalue weighted by Crippen LogP contribution is 2.41. The number of nitriles is 1. The number of carbonyl (C=O) groups is 4. The first-order valence-corrected chi connectivity index (χ1v) is 19.9. The maximum Gasteiger partial charge on any atom is 0.419 e. The second-order valence-corrected chi connectivity index (χ2v) is 16.5. The van der Waals surface area contributed by atoms with Crippen LogP contribution in [0.5, 0.6) is 0 Å². The summed E-state index contributed by atoms with van der Waals surface area (Å²) in [4.78, 5) is 59.2. The van der Waals surface area contributed by atoms with Crippen LogP contribution in [0.4, 0.5) is 30.2 Å². The van der Waals surface area contributed by atoms with E-state index in [2.05, 4.69) is 39.7 Å². The van der Waals surface area contributed by atoms with Crippen LogP contribution >= 0.6 is 12.2 Å². The average molecular weight is 811 g/mol. The number of ether oxygens (including phenoxy) is 1. The van der Waals surface area contributed by atoms with E-state index in [0.717, 1.165) is 62.1 Å². The van der Waals surface area contributed by atoms with Crippen LogP contribution < -0.4 is 20.9 Å². The van der Waals surface area contributed by atoms with Crippen LogP contribution in [0.3, 0.4) is 0 Å². The molecule has 306 valence electrons.